The second-order valence-electron chi connectivity index (χ2n) is 4.25. The van der Waals surface area contributed by atoms with E-state index < -0.39 is 5.97 Å². The summed E-state index contributed by atoms with van der Waals surface area (Å²) in [7, 11) is 0. The zero-order valence-corrected chi connectivity index (χ0v) is 12.3. The summed E-state index contributed by atoms with van der Waals surface area (Å²) in [5.41, 5.74) is 7.30. The molecule has 2 N–H and O–H groups in total. The number of hydrogen-bond donors (Lipinski definition) is 1. The number of esters is 1. The highest BCUT2D eigenvalue weighted by Gasteiger charge is 2.12. The first-order valence-corrected chi connectivity index (χ1v) is 6.67. The van der Waals surface area contributed by atoms with Crippen molar-refractivity contribution in [2.24, 2.45) is 0 Å². The molecule has 0 aliphatic heterocycles. The lowest BCUT2D eigenvalue weighted by molar-refractivity contribution is 0.0473. The van der Waals surface area contributed by atoms with Crippen LogP contribution in [0.1, 0.15) is 21.5 Å². The summed E-state index contributed by atoms with van der Waals surface area (Å²) in [4.78, 5) is 11.9. The minimum Gasteiger partial charge on any atom is -0.457 e. The molecule has 0 radical (unpaired) electrons. The van der Waals surface area contributed by atoms with Gasteiger partial charge in [-0.25, -0.2) is 4.79 Å². The van der Waals surface area contributed by atoms with Crippen molar-refractivity contribution < 1.29 is 9.53 Å². The molecule has 106 valence electrons. The zero-order chi connectivity index (χ0) is 15.4. The van der Waals surface area contributed by atoms with E-state index in [0.29, 0.717) is 5.56 Å². The summed E-state index contributed by atoms with van der Waals surface area (Å²) >= 11 is 11.7. The molecule has 0 aliphatic carbocycles. The van der Waals surface area contributed by atoms with Gasteiger partial charge in [-0.3, -0.25) is 0 Å². The topological polar surface area (TPSA) is 76.1 Å². The van der Waals surface area contributed by atoms with Crippen LogP contribution >= 0.6 is 23.2 Å². The fourth-order valence-electron chi connectivity index (χ4n) is 1.69. The quantitative estimate of drug-likeness (QED) is 0.689. The van der Waals surface area contributed by atoms with Crippen LogP contribution in [0, 0.1) is 11.3 Å². The molecule has 0 saturated carbocycles. The molecule has 0 fully saturated rings. The number of ether oxygens (including phenoxy) is 1. The molecule has 21 heavy (non-hydrogen) atoms. The molecule has 0 aliphatic rings. The molecule has 0 saturated heterocycles. The van der Waals surface area contributed by atoms with E-state index in [1.807, 2.05) is 6.07 Å². The summed E-state index contributed by atoms with van der Waals surface area (Å²) in [6.45, 7) is 0.0501. The monoisotopic (exact) mass is 320 g/mol. The van der Waals surface area contributed by atoms with Crippen LogP contribution in [0.5, 0.6) is 0 Å². The van der Waals surface area contributed by atoms with Crippen LogP contribution in [0.3, 0.4) is 0 Å². The van der Waals surface area contributed by atoms with Gasteiger partial charge in [-0.1, -0.05) is 35.3 Å². The van der Waals surface area contributed by atoms with E-state index in [2.05, 4.69) is 0 Å². The summed E-state index contributed by atoms with van der Waals surface area (Å²) in [6.07, 6.45) is 0. The van der Waals surface area contributed by atoms with E-state index >= 15 is 0 Å². The van der Waals surface area contributed by atoms with Gasteiger partial charge in [0.15, 0.2) is 0 Å². The first-order valence-electron chi connectivity index (χ1n) is 5.92. The van der Waals surface area contributed by atoms with Crippen LogP contribution in [0.4, 0.5) is 5.69 Å². The zero-order valence-electron chi connectivity index (χ0n) is 10.8. The highest BCUT2D eigenvalue weighted by Crippen LogP contribution is 2.29. The van der Waals surface area contributed by atoms with Gasteiger partial charge < -0.3 is 10.5 Å². The van der Waals surface area contributed by atoms with Crippen molar-refractivity contribution in [1.29, 1.82) is 5.26 Å². The molecule has 2 aromatic carbocycles. The Hall–Kier alpha value is -2.22. The first kappa shape index (κ1) is 15.2. The van der Waals surface area contributed by atoms with Crippen molar-refractivity contribution >= 4 is 34.9 Å². The summed E-state index contributed by atoms with van der Waals surface area (Å²) < 4.78 is 5.16. The van der Waals surface area contributed by atoms with Crippen molar-refractivity contribution in [3.63, 3.8) is 0 Å². The molecule has 0 atom stereocenters. The molecule has 2 aromatic rings. The minimum atomic E-state index is -0.567. The third kappa shape index (κ3) is 3.66. The maximum absolute atomic E-state index is 11.9. The van der Waals surface area contributed by atoms with E-state index in [0.717, 1.165) is 5.56 Å². The number of halogens is 2. The van der Waals surface area contributed by atoms with E-state index in [1.165, 1.54) is 12.1 Å². The molecule has 0 heterocycles. The van der Waals surface area contributed by atoms with Crippen molar-refractivity contribution in [3.8, 4) is 6.07 Å². The second-order valence-corrected chi connectivity index (χ2v) is 5.03. The van der Waals surface area contributed by atoms with Gasteiger partial charge in [0, 0.05) is 0 Å². The molecular formula is C15H10Cl2N2O2. The Morgan fingerprint density at radius 2 is 2.05 bits per heavy atom. The van der Waals surface area contributed by atoms with Crippen molar-refractivity contribution in [2.45, 2.75) is 6.61 Å². The van der Waals surface area contributed by atoms with Gasteiger partial charge in [-0.2, -0.15) is 5.26 Å². The van der Waals surface area contributed by atoms with Gasteiger partial charge in [0.05, 0.1) is 32.9 Å². The van der Waals surface area contributed by atoms with Crippen molar-refractivity contribution in [2.75, 3.05) is 5.73 Å². The Morgan fingerprint density at radius 1 is 1.29 bits per heavy atom. The number of nitrogen functional groups attached to an aromatic ring is 1. The van der Waals surface area contributed by atoms with Gasteiger partial charge in [0.2, 0.25) is 0 Å². The second kappa shape index (κ2) is 6.49. The third-order valence-electron chi connectivity index (χ3n) is 2.72. The maximum atomic E-state index is 11.9. The van der Waals surface area contributed by atoms with Gasteiger partial charge >= 0.3 is 5.97 Å². The number of nitriles is 1. The highest BCUT2D eigenvalue weighted by molar-refractivity contribution is 6.43. The molecule has 2 rings (SSSR count). The normalized spacial score (nSPS) is 9.95. The Morgan fingerprint density at radius 3 is 2.71 bits per heavy atom. The van der Waals surface area contributed by atoms with Crippen LogP contribution in [0.2, 0.25) is 10.0 Å². The number of rotatable bonds is 3. The summed E-state index contributed by atoms with van der Waals surface area (Å²) in [5, 5.41) is 9.20. The number of hydrogen-bond acceptors (Lipinski definition) is 4. The number of benzene rings is 2. The average Bonchev–Trinajstić information content (AvgIpc) is 2.50. The highest BCUT2D eigenvalue weighted by atomic mass is 35.5. The predicted octanol–water partition coefficient (Wildman–Crippen LogP) is 3.80. The first-order chi connectivity index (χ1) is 10.0. The fraction of sp³-hybridized carbons (Fsp3) is 0.0667. The summed E-state index contributed by atoms with van der Waals surface area (Å²) in [5.74, 6) is -0.567. The van der Waals surface area contributed by atoms with Crippen LogP contribution in [-0.2, 0) is 11.3 Å². The van der Waals surface area contributed by atoms with Crippen LogP contribution < -0.4 is 5.73 Å². The number of carbonyl (C=O) groups excluding carboxylic acids is 1. The summed E-state index contributed by atoms with van der Waals surface area (Å²) in [6, 6.07) is 11.6. The smallest absolute Gasteiger partial charge is 0.338 e. The molecule has 6 heteroatoms. The number of nitrogens with zero attached hydrogens (tertiary/aromatic N) is 1. The molecule has 0 spiro atoms. The van der Waals surface area contributed by atoms with E-state index in [1.54, 1.807) is 24.3 Å². The predicted molar refractivity (Wildman–Crippen MR) is 81.2 cm³/mol. The standard InChI is InChI=1S/C15H10Cl2N2O2/c16-12-5-11(6-13(19)14(12)17)15(20)21-8-10-3-1-2-9(4-10)7-18/h1-6H,8,19H2. The maximum Gasteiger partial charge on any atom is 0.338 e. The fourth-order valence-corrected chi connectivity index (χ4v) is 2.03. The lowest BCUT2D eigenvalue weighted by atomic mass is 10.1. The average molecular weight is 321 g/mol. The SMILES string of the molecule is N#Cc1cccc(COC(=O)c2cc(N)c(Cl)c(Cl)c2)c1. The Kier molecular flexibility index (Phi) is 4.69. The molecule has 0 bridgehead atoms. The van der Waals surface area contributed by atoms with E-state index in [4.69, 9.17) is 38.9 Å². The minimum absolute atomic E-state index is 0.0501. The van der Waals surface area contributed by atoms with Crippen LogP contribution in [0.25, 0.3) is 0 Å². The van der Waals surface area contributed by atoms with Crippen molar-refractivity contribution in [3.05, 3.63) is 63.1 Å². The lowest BCUT2D eigenvalue weighted by Crippen LogP contribution is -2.06. The Bertz CT molecular complexity index is 716. The number of anilines is 1. The van der Waals surface area contributed by atoms with Gasteiger partial charge in [0.25, 0.3) is 0 Å². The lowest BCUT2D eigenvalue weighted by Gasteiger charge is -2.07. The number of carbonyl (C=O) groups is 1. The van der Waals surface area contributed by atoms with E-state index in [-0.39, 0.29) is 27.9 Å². The van der Waals surface area contributed by atoms with Crippen LogP contribution in [0.15, 0.2) is 36.4 Å². The van der Waals surface area contributed by atoms with Gasteiger partial charge in [-0.05, 0) is 29.8 Å². The van der Waals surface area contributed by atoms with Gasteiger partial charge in [-0.15, -0.1) is 0 Å². The number of nitrogens with two attached hydrogens (primary N) is 1. The van der Waals surface area contributed by atoms with Gasteiger partial charge in [0.1, 0.15) is 6.61 Å². The Labute approximate surface area is 131 Å². The molecule has 0 aromatic heterocycles. The largest absolute Gasteiger partial charge is 0.457 e. The van der Waals surface area contributed by atoms with E-state index in [9.17, 15) is 4.79 Å². The molecular weight excluding hydrogens is 311 g/mol. The third-order valence-corrected chi connectivity index (χ3v) is 3.53. The molecule has 0 unspecified atom stereocenters. The molecule has 4 nitrogen and oxygen atoms in total. The van der Waals surface area contributed by atoms with Crippen LogP contribution in [-0.4, -0.2) is 5.97 Å². The molecule has 0 amide bonds. The van der Waals surface area contributed by atoms with Crippen molar-refractivity contribution in [1.82, 2.24) is 0 Å². The Balaban J connectivity index is 2.10.